The van der Waals surface area contributed by atoms with Gasteiger partial charge < -0.3 is 15.0 Å². The molecule has 1 N–H and O–H groups in total. The number of carbonyl (C=O) groups excluding carboxylic acids is 1. The maximum absolute atomic E-state index is 11.9. The Labute approximate surface area is 141 Å². The van der Waals surface area contributed by atoms with Gasteiger partial charge in [0.2, 0.25) is 0 Å². The topological polar surface area (TPSA) is 54.5 Å². The summed E-state index contributed by atoms with van der Waals surface area (Å²) in [6.45, 7) is 1.58. The number of pyridine rings is 1. The average Bonchev–Trinajstić information content (AvgIpc) is 2.59. The summed E-state index contributed by atoms with van der Waals surface area (Å²) >= 11 is 5.81. The molecule has 0 fully saturated rings. The fourth-order valence-electron chi connectivity index (χ4n) is 1.93. The van der Waals surface area contributed by atoms with Gasteiger partial charge in [-0.25, -0.2) is 4.79 Å². The van der Waals surface area contributed by atoms with Crippen molar-refractivity contribution in [3.63, 3.8) is 0 Å². The van der Waals surface area contributed by atoms with Crippen molar-refractivity contribution in [1.29, 1.82) is 0 Å². The third kappa shape index (κ3) is 6.16. The van der Waals surface area contributed by atoms with Crippen molar-refractivity contribution in [2.75, 3.05) is 20.2 Å². The van der Waals surface area contributed by atoms with E-state index in [1.807, 2.05) is 30.3 Å². The van der Waals surface area contributed by atoms with Gasteiger partial charge in [0.25, 0.3) is 0 Å². The quantitative estimate of drug-likeness (QED) is 0.791. The third-order valence-electron chi connectivity index (χ3n) is 3.21. The van der Waals surface area contributed by atoms with E-state index >= 15 is 0 Å². The van der Waals surface area contributed by atoms with Crippen LogP contribution in [0.15, 0.2) is 48.7 Å². The molecule has 0 radical (unpaired) electrons. The first-order valence-electron chi connectivity index (χ1n) is 7.42. The molecule has 0 atom stereocenters. The van der Waals surface area contributed by atoms with Crippen molar-refractivity contribution < 1.29 is 9.53 Å². The first-order valence-corrected chi connectivity index (χ1v) is 7.80. The fourth-order valence-corrected chi connectivity index (χ4v) is 2.05. The Kier molecular flexibility index (Phi) is 6.69. The Morgan fingerprint density at radius 1 is 1.26 bits per heavy atom. The van der Waals surface area contributed by atoms with Gasteiger partial charge in [-0.15, -0.1) is 0 Å². The van der Waals surface area contributed by atoms with E-state index in [2.05, 4.69) is 10.3 Å². The Morgan fingerprint density at radius 2 is 2.04 bits per heavy atom. The van der Waals surface area contributed by atoms with Crippen LogP contribution < -0.4 is 10.1 Å². The molecule has 2 amide bonds. The van der Waals surface area contributed by atoms with Crippen LogP contribution >= 0.6 is 11.6 Å². The Bertz CT molecular complexity index is 605. The number of hydrogen-bond donors (Lipinski definition) is 1. The van der Waals surface area contributed by atoms with Gasteiger partial charge in [0.15, 0.2) is 0 Å². The second-order valence-corrected chi connectivity index (χ2v) is 5.49. The predicted octanol–water partition coefficient (Wildman–Crippen LogP) is 3.35. The molecule has 122 valence electrons. The van der Waals surface area contributed by atoms with Crippen molar-refractivity contribution in [3.8, 4) is 5.75 Å². The zero-order chi connectivity index (χ0) is 16.5. The molecular formula is C17H20ClN3O2. The highest BCUT2D eigenvalue weighted by atomic mass is 35.5. The predicted molar refractivity (Wildman–Crippen MR) is 90.7 cm³/mol. The zero-order valence-electron chi connectivity index (χ0n) is 13.0. The van der Waals surface area contributed by atoms with Crippen molar-refractivity contribution in [1.82, 2.24) is 15.2 Å². The average molecular weight is 334 g/mol. The van der Waals surface area contributed by atoms with Crippen LogP contribution in [0.5, 0.6) is 5.75 Å². The lowest BCUT2D eigenvalue weighted by molar-refractivity contribution is 0.203. The molecule has 0 bridgehead atoms. The van der Waals surface area contributed by atoms with E-state index in [-0.39, 0.29) is 6.03 Å². The molecule has 1 aromatic heterocycles. The molecule has 0 saturated carbocycles. The summed E-state index contributed by atoms with van der Waals surface area (Å²) in [7, 11) is 1.76. The summed E-state index contributed by atoms with van der Waals surface area (Å²) in [6, 6.07) is 12.7. The van der Waals surface area contributed by atoms with Crippen molar-refractivity contribution in [3.05, 3.63) is 59.4 Å². The van der Waals surface area contributed by atoms with Crippen molar-refractivity contribution in [2.45, 2.75) is 13.0 Å². The van der Waals surface area contributed by atoms with Crippen LogP contribution in [-0.4, -0.2) is 36.1 Å². The van der Waals surface area contributed by atoms with E-state index in [0.717, 1.165) is 17.9 Å². The molecular weight excluding hydrogens is 314 g/mol. The summed E-state index contributed by atoms with van der Waals surface area (Å²) in [4.78, 5) is 17.7. The van der Waals surface area contributed by atoms with E-state index in [9.17, 15) is 4.79 Å². The minimum Gasteiger partial charge on any atom is -0.494 e. The second-order valence-electron chi connectivity index (χ2n) is 5.06. The number of hydrogen-bond acceptors (Lipinski definition) is 3. The van der Waals surface area contributed by atoms with Crippen LogP contribution in [0.25, 0.3) is 0 Å². The van der Waals surface area contributed by atoms with Gasteiger partial charge in [0.05, 0.1) is 18.8 Å². The van der Waals surface area contributed by atoms with Crippen LogP contribution in [0.4, 0.5) is 4.79 Å². The highest BCUT2D eigenvalue weighted by Gasteiger charge is 2.07. The van der Waals surface area contributed by atoms with Crippen molar-refractivity contribution >= 4 is 17.6 Å². The van der Waals surface area contributed by atoms with Gasteiger partial charge in [-0.3, -0.25) is 4.98 Å². The molecule has 6 heteroatoms. The van der Waals surface area contributed by atoms with Gasteiger partial charge in [-0.1, -0.05) is 17.7 Å². The van der Waals surface area contributed by atoms with E-state index < -0.39 is 0 Å². The minimum atomic E-state index is -0.123. The lowest BCUT2D eigenvalue weighted by atomic mass is 10.3. The Hall–Kier alpha value is -2.27. The minimum absolute atomic E-state index is 0.123. The Morgan fingerprint density at radius 3 is 2.74 bits per heavy atom. The number of rotatable bonds is 7. The van der Waals surface area contributed by atoms with E-state index in [1.165, 1.54) is 0 Å². The van der Waals surface area contributed by atoms with Gasteiger partial charge in [0, 0.05) is 24.8 Å². The highest BCUT2D eigenvalue weighted by molar-refractivity contribution is 6.30. The first-order chi connectivity index (χ1) is 11.1. The Balaban J connectivity index is 1.63. The number of carbonyl (C=O) groups is 1. The number of aromatic nitrogens is 1. The second kappa shape index (κ2) is 9.00. The summed E-state index contributed by atoms with van der Waals surface area (Å²) < 4.78 is 5.59. The molecule has 23 heavy (non-hydrogen) atoms. The highest BCUT2D eigenvalue weighted by Crippen LogP contribution is 2.15. The van der Waals surface area contributed by atoms with E-state index in [4.69, 9.17) is 16.3 Å². The summed E-state index contributed by atoms with van der Waals surface area (Å²) in [6.07, 6.45) is 2.45. The summed E-state index contributed by atoms with van der Waals surface area (Å²) in [5.41, 5.74) is 0.834. The number of benzene rings is 1. The molecule has 2 aromatic rings. The molecule has 1 aromatic carbocycles. The number of amides is 2. The van der Waals surface area contributed by atoms with Crippen molar-refractivity contribution in [2.24, 2.45) is 0 Å². The summed E-state index contributed by atoms with van der Waals surface area (Å²) in [5.74, 6) is 0.775. The van der Waals surface area contributed by atoms with Gasteiger partial charge in [-0.05, 0) is 42.8 Å². The molecule has 0 saturated heterocycles. The van der Waals surface area contributed by atoms with Crippen LogP contribution in [-0.2, 0) is 6.54 Å². The number of nitrogens with zero attached hydrogens (tertiary/aromatic N) is 2. The number of nitrogens with one attached hydrogen (secondary N) is 1. The first kappa shape index (κ1) is 17.1. The third-order valence-corrected chi connectivity index (χ3v) is 3.47. The smallest absolute Gasteiger partial charge is 0.317 e. The van der Waals surface area contributed by atoms with Gasteiger partial charge in [0.1, 0.15) is 5.75 Å². The number of ether oxygens (including phenoxy) is 1. The molecule has 0 aliphatic rings. The molecule has 0 aliphatic heterocycles. The lowest BCUT2D eigenvalue weighted by Gasteiger charge is -2.18. The van der Waals surface area contributed by atoms with Crippen LogP contribution in [0, 0.1) is 0 Å². The van der Waals surface area contributed by atoms with Crippen LogP contribution in [0.1, 0.15) is 12.1 Å². The van der Waals surface area contributed by atoms with Crippen LogP contribution in [0.3, 0.4) is 0 Å². The monoisotopic (exact) mass is 333 g/mol. The maximum Gasteiger partial charge on any atom is 0.317 e. The standard InChI is InChI=1S/C17H20ClN3O2/c1-21(17(22)20-13-15-5-2-3-10-19-15)11-4-12-23-16-8-6-14(18)7-9-16/h2-3,5-10H,4,11-13H2,1H3,(H,20,22). The van der Waals surface area contributed by atoms with Gasteiger partial charge >= 0.3 is 6.03 Å². The number of urea groups is 1. The van der Waals surface area contributed by atoms with E-state index in [0.29, 0.717) is 24.7 Å². The molecule has 0 spiro atoms. The zero-order valence-corrected chi connectivity index (χ0v) is 13.8. The van der Waals surface area contributed by atoms with Crippen LogP contribution in [0.2, 0.25) is 5.02 Å². The SMILES string of the molecule is CN(CCCOc1ccc(Cl)cc1)C(=O)NCc1ccccn1. The maximum atomic E-state index is 11.9. The number of halogens is 1. The largest absolute Gasteiger partial charge is 0.494 e. The normalized spacial score (nSPS) is 10.2. The molecule has 0 aliphatic carbocycles. The summed E-state index contributed by atoms with van der Waals surface area (Å²) in [5, 5.41) is 3.51. The molecule has 1 heterocycles. The van der Waals surface area contributed by atoms with Gasteiger partial charge in [-0.2, -0.15) is 0 Å². The van der Waals surface area contributed by atoms with E-state index in [1.54, 1.807) is 30.3 Å². The molecule has 0 unspecified atom stereocenters. The molecule has 2 rings (SSSR count). The fraction of sp³-hybridized carbons (Fsp3) is 0.294. The lowest BCUT2D eigenvalue weighted by Crippen LogP contribution is -2.37. The molecule has 5 nitrogen and oxygen atoms in total.